The van der Waals surface area contributed by atoms with Crippen molar-refractivity contribution in [3.63, 3.8) is 0 Å². The Morgan fingerprint density at radius 2 is 0.829 bits per heavy atom. The fourth-order valence-corrected chi connectivity index (χ4v) is 15.0. The molecule has 3 aliphatic rings. The highest BCUT2D eigenvalue weighted by Gasteiger charge is 2.23. The van der Waals surface area contributed by atoms with Crippen LogP contribution in [0.3, 0.4) is 0 Å². The summed E-state index contributed by atoms with van der Waals surface area (Å²) in [6.07, 6.45) is 0. The lowest BCUT2D eigenvalue weighted by molar-refractivity contribution is 0.102. The first-order chi connectivity index (χ1) is 53.9. The summed E-state index contributed by atoms with van der Waals surface area (Å²) in [6, 6.07) is 59.5. The minimum atomic E-state index is -0.330. The Hall–Kier alpha value is -11.6. The van der Waals surface area contributed by atoms with Crippen LogP contribution in [0.25, 0.3) is 11.4 Å². The summed E-state index contributed by atoms with van der Waals surface area (Å²) < 4.78 is 63.5. The number of amides is 1. The van der Waals surface area contributed by atoms with E-state index in [1.54, 1.807) is 62.2 Å². The Bertz CT molecular complexity index is 5240. The van der Waals surface area contributed by atoms with E-state index in [4.69, 9.17) is 52.6 Å². The van der Waals surface area contributed by atoms with Crippen LogP contribution in [-0.4, -0.2) is 77.3 Å². The van der Waals surface area contributed by atoms with Gasteiger partial charge in [-0.2, -0.15) is 0 Å². The fraction of sp³-hybridized carbons (Fsp3) is 0.227. The number of hydrogen-bond donors (Lipinski definition) is 3. The topological polar surface area (TPSA) is 185 Å². The number of fused-ring (bicyclic) bond motifs is 3. The highest BCUT2D eigenvalue weighted by Crippen LogP contribution is 2.38. The third-order valence-electron chi connectivity index (χ3n) is 18.8. The van der Waals surface area contributed by atoms with Crippen LogP contribution in [0.15, 0.2) is 211 Å². The normalized spacial score (nSPS) is 12.1. The first kappa shape index (κ1) is 77.6. The second kappa shape index (κ2) is 36.8. The van der Waals surface area contributed by atoms with Gasteiger partial charge in [0.25, 0.3) is 5.91 Å². The largest absolute Gasteiger partial charge is 0.497 e. The molecule has 0 saturated heterocycles. The SMILES string of the molecule is C=C(Nc1ccc(C)c(C)c1)c1csc(CN(Cc2ccc3c(c2)OCO3)Cc2ccc(OC)cc2OC)n1.C=C(Nc1ccccc1F)c1csc(CN(Cc2ccc(OC)cc2)Cc2ccc3c(c2)OCO3)n1.Cc1ccc(CN(Cc2ccc3c(c2)OCO3)Cc2nc(C(=O)Nc3ccc(C)c(C)c3)cs2)cc1. The lowest BCUT2D eigenvalue weighted by Crippen LogP contribution is -2.22. The summed E-state index contributed by atoms with van der Waals surface area (Å²) in [6.45, 7) is 25.7. The maximum absolute atomic E-state index is 14.0. The number of hydrogen-bond acceptors (Lipinski definition) is 21. The number of para-hydroxylation sites is 1. The fourth-order valence-electron chi connectivity index (χ4n) is 12.5. The van der Waals surface area contributed by atoms with E-state index in [1.807, 2.05) is 103 Å². The van der Waals surface area contributed by atoms with Crippen molar-refractivity contribution in [1.82, 2.24) is 29.7 Å². The van der Waals surface area contributed by atoms with Gasteiger partial charge in [0.05, 0.1) is 69.4 Å². The summed E-state index contributed by atoms with van der Waals surface area (Å²) >= 11 is 4.69. The van der Waals surface area contributed by atoms with Crippen molar-refractivity contribution in [2.24, 2.45) is 0 Å². The van der Waals surface area contributed by atoms with Gasteiger partial charge in [-0.05, 0) is 176 Å². The first-order valence-corrected chi connectivity index (χ1v) is 38.7. The molecule has 0 radical (unpaired) electrons. The maximum atomic E-state index is 14.0. The van der Waals surface area contributed by atoms with Crippen LogP contribution in [0.4, 0.5) is 21.5 Å². The molecule has 3 N–H and O–H groups in total. The zero-order chi connectivity index (χ0) is 77.3. The molecule has 0 bridgehead atoms. The molecule has 570 valence electrons. The number of ether oxygens (including phenoxy) is 9. The third-order valence-corrected chi connectivity index (χ3v) is 21.3. The first-order valence-electron chi connectivity index (χ1n) is 36.1. The van der Waals surface area contributed by atoms with E-state index < -0.39 is 0 Å². The number of methoxy groups -OCH3 is 3. The van der Waals surface area contributed by atoms with Gasteiger partial charge in [-0.25, -0.2) is 19.3 Å². The molecule has 0 fully saturated rings. The highest BCUT2D eigenvalue weighted by molar-refractivity contribution is 7.10. The molecule has 0 saturated carbocycles. The molecule has 0 unspecified atom stereocenters. The molecule has 0 aliphatic carbocycles. The van der Waals surface area contributed by atoms with E-state index in [9.17, 15) is 9.18 Å². The average Bonchev–Trinajstić information content (AvgIpc) is 1.76. The minimum Gasteiger partial charge on any atom is -0.497 e. The van der Waals surface area contributed by atoms with Crippen molar-refractivity contribution in [2.45, 2.75) is 93.5 Å². The van der Waals surface area contributed by atoms with E-state index in [2.05, 4.69) is 155 Å². The number of nitrogens with zero attached hydrogens (tertiary/aromatic N) is 6. The van der Waals surface area contributed by atoms with Crippen molar-refractivity contribution in [1.29, 1.82) is 0 Å². The molecule has 1 amide bonds. The summed E-state index contributed by atoms with van der Waals surface area (Å²) in [5.41, 5.74) is 18.4. The third kappa shape index (κ3) is 21.1. The van der Waals surface area contributed by atoms with Gasteiger partial charge in [-0.3, -0.25) is 19.5 Å². The van der Waals surface area contributed by atoms with Gasteiger partial charge in [0, 0.05) is 78.4 Å². The molecule has 23 heteroatoms. The molecule has 0 spiro atoms. The average molecular weight is 1550 g/mol. The molecule has 3 aliphatic heterocycles. The molecule has 0 atom stereocenters. The number of anilines is 3. The molecule has 3 aromatic heterocycles. The predicted molar refractivity (Wildman–Crippen MR) is 438 cm³/mol. The quantitative estimate of drug-likeness (QED) is 0.0402. The van der Waals surface area contributed by atoms with Gasteiger partial charge in [-0.15, -0.1) is 34.0 Å². The van der Waals surface area contributed by atoms with Gasteiger partial charge in [0.15, 0.2) is 34.5 Å². The molecule has 15 rings (SSSR count). The summed E-state index contributed by atoms with van der Waals surface area (Å²) in [5, 5.41) is 18.1. The van der Waals surface area contributed by atoms with Gasteiger partial charge >= 0.3 is 0 Å². The number of aryl methyl sites for hydroxylation is 5. The number of carbonyl (C=O) groups excluding carboxylic acids is 1. The standard InChI is InChI=1S/C31H33N3O4S.C29H29N3O3S.C28H26FN3O3S/c1-20-6-9-25(12-21(20)2)32-22(3)27-18-39-31(33-27)17-34(15-23-7-11-28-30(13-23)38-19-37-28)16-24-8-10-26(35-4)14-29(24)36-5;1-19-4-7-22(8-5-19)14-32(15-23-9-11-26-27(13-23)35-18-34-26)16-28-31-25(17-36-28)29(33)30-24-10-6-20(2)21(3)12-24;1-19(30-24-6-4-3-5-23(24)29)25-17-36-28(31-25)16-32(14-20-7-10-22(33-2)11-8-20)15-21-9-12-26-27(13-21)35-18-34-26/h6-14,18,32H,3,15-17,19H2,1-2,4-5H3;4-13,17H,14-16,18H2,1-3H3,(H,30,33);3-13,17,30H,1,14-16,18H2,2H3. The molecule has 9 aromatic carbocycles. The van der Waals surface area contributed by atoms with Crippen LogP contribution in [0, 0.1) is 40.4 Å². The van der Waals surface area contributed by atoms with Crippen LogP contribution in [0.5, 0.6) is 51.7 Å². The van der Waals surface area contributed by atoms with E-state index in [0.717, 1.165) is 130 Å². The minimum absolute atomic E-state index is 0.193. The van der Waals surface area contributed by atoms with Crippen LogP contribution < -0.4 is 58.6 Å². The number of thiazole rings is 3. The molecule has 12 aromatic rings. The Kier molecular flexibility index (Phi) is 25.7. The van der Waals surface area contributed by atoms with Crippen molar-refractivity contribution in [3.05, 3.63) is 310 Å². The monoisotopic (exact) mass is 1550 g/mol. The molecular formula is C88H88FN9O10S3. The number of rotatable bonds is 29. The van der Waals surface area contributed by atoms with Crippen LogP contribution in [-0.2, 0) is 58.9 Å². The van der Waals surface area contributed by atoms with Gasteiger partial charge in [-0.1, -0.05) is 104 Å². The van der Waals surface area contributed by atoms with E-state index >= 15 is 0 Å². The van der Waals surface area contributed by atoms with Gasteiger partial charge < -0.3 is 58.6 Å². The van der Waals surface area contributed by atoms with Crippen molar-refractivity contribution >= 4 is 68.4 Å². The van der Waals surface area contributed by atoms with Gasteiger partial charge in [0.1, 0.15) is 43.8 Å². The lowest BCUT2D eigenvalue weighted by atomic mass is 10.1. The number of nitrogens with one attached hydrogen (secondary N) is 3. The number of aromatic nitrogens is 3. The second-order valence-electron chi connectivity index (χ2n) is 27.1. The highest BCUT2D eigenvalue weighted by atomic mass is 32.1. The van der Waals surface area contributed by atoms with Crippen LogP contribution in [0.1, 0.15) is 98.1 Å². The predicted octanol–water partition coefficient (Wildman–Crippen LogP) is 19.3. The van der Waals surface area contributed by atoms with Gasteiger partial charge in [0.2, 0.25) is 20.4 Å². The molecular weight excluding hydrogens is 1460 g/mol. The van der Waals surface area contributed by atoms with Crippen LogP contribution >= 0.6 is 34.0 Å². The molecule has 6 heterocycles. The summed E-state index contributed by atoms with van der Waals surface area (Å²) in [7, 11) is 5.00. The zero-order valence-electron chi connectivity index (χ0n) is 63.3. The number of benzene rings is 9. The van der Waals surface area contributed by atoms with E-state index in [-0.39, 0.29) is 32.1 Å². The number of carbonyl (C=O) groups is 1. The Morgan fingerprint density at radius 1 is 0.414 bits per heavy atom. The zero-order valence-corrected chi connectivity index (χ0v) is 65.8. The lowest BCUT2D eigenvalue weighted by Gasteiger charge is -2.23. The Labute approximate surface area is 659 Å². The van der Waals surface area contributed by atoms with Crippen LogP contribution in [0.2, 0.25) is 0 Å². The van der Waals surface area contributed by atoms with E-state index in [1.165, 1.54) is 50.8 Å². The Morgan fingerprint density at radius 3 is 1.31 bits per heavy atom. The number of halogens is 1. The smallest absolute Gasteiger partial charge is 0.275 e. The summed E-state index contributed by atoms with van der Waals surface area (Å²) in [4.78, 5) is 34.2. The van der Waals surface area contributed by atoms with Crippen molar-refractivity contribution in [2.75, 3.05) is 57.7 Å². The maximum Gasteiger partial charge on any atom is 0.275 e. The van der Waals surface area contributed by atoms with Crippen molar-refractivity contribution in [3.8, 4) is 51.7 Å². The van der Waals surface area contributed by atoms with E-state index in [0.29, 0.717) is 68.6 Å². The Balaban J connectivity index is 0.000000146. The molecule has 19 nitrogen and oxygen atoms in total. The molecule has 111 heavy (non-hydrogen) atoms. The summed E-state index contributed by atoms with van der Waals surface area (Å²) in [5.74, 6) is 6.51. The second-order valence-corrected chi connectivity index (χ2v) is 30.0. The van der Waals surface area contributed by atoms with Crippen molar-refractivity contribution < 1.29 is 51.8 Å².